The molecule has 0 fully saturated rings. The van der Waals surface area contributed by atoms with Crippen LogP contribution in [0.3, 0.4) is 0 Å². The number of nitriles is 1. The Morgan fingerprint density at radius 2 is 1.17 bits per heavy atom. The maximum Gasteiger partial charge on any atom is 2.00 e. The number of halogens is 6. The van der Waals surface area contributed by atoms with E-state index in [2.05, 4.69) is 27.2 Å². The molecule has 260 valence electrons. The summed E-state index contributed by atoms with van der Waals surface area (Å²) >= 11 is 0. The van der Waals surface area contributed by atoms with Gasteiger partial charge in [0, 0.05) is 28.9 Å². The maximum atomic E-state index is 14.6. The molecule has 0 saturated heterocycles. The summed E-state index contributed by atoms with van der Waals surface area (Å²) in [6, 6.07) is 23.0. The van der Waals surface area contributed by atoms with Crippen LogP contribution in [0.25, 0.3) is 60.1 Å². The molecule has 4 aromatic heterocycles. The van der Waals surface area contributed by atoms with Gasteiger partial charge in [0.15, 0.2) is 5.69 Å². The average Bonchev–Trinajstić information content (AvgIpc) is 3.89. The summed E-state index contributed by atoms with van der Waals surface area (Å²) in [5.74, 6) is 0. The second-order valence-electron chi connectivity index (χ2n) is 12.3. The van der Waals surface area contributed by atoms with Crippen LogP contribution in [-0.4, -0.2) is 19.6 Å². The first-order valence-electron chi connectivity index (χ1n) is 15.0. The number of rotatable bonds is 4. The fourth-order valence-corrected chi connectivity index (χ4v) is 6.26. The van der Waals surface area contributed by atoms with E-state index in [0.29, 0.717) is 67.5 Å². The summed E-state index contributed by atoms with van der Waals surface area (Å²) in [6.07, 6.45) is -8.62. The molecule has 0 bridgehead atoms. The Morgan fingerprint density at radius 1 is 0.712 bits per heavy atom. The van der Waals surface area contributed by atoms with Crippen molar-refractivity contribution in [1.82, 2.24) is 19.6 Å². The summed E-state index contributed by atoms with van der Waals surface area (Å²) < 4.78 is 101. The van der Waals surface area contributed by atoms with Crippen LogP contribution in [0, 0.1) is 30.0 Å². The molecule has 0 radical (unpaired) electrons. The van der Waals surface area contributed by atoms with Gasteiger partial charge in [-0.2, -0.15) is 53.9 Å². The van der Waals surface area contributed by atoms with Gasteiger partial charge < -0.3 is 8.83 Å². The van der Waals surface area contributed by atoms with Gasteiger partial charge in [-0.05, 0) is 60.9 Å². The van der Waals surface area contributed by atoms with Crippen LogP contribution in [0.4, 0.5) is 32.0 Å². The van der Waals surface area contributed by atoms with Crippen LogP contribution in [0.2, 0.25) is 0 Å². The number of alkyl halides is 6. The van der Waals surface area contributed by atoms with Crippen molar-refractivity contribution in [3.63, 3.8) is 0 Å². The fraction of sp³-hybridized carbons (Fsp3) is 0.135. The normalized spacial score (nSPS) is 12.4. The smallest absolute Gasteiger partial charge is 0.516 e. The Balaban J connectivity index is 0.00000420. The van der Waals surface area contributed by atoms with E-state index >= 15 is 0 Å². The molecule has 4 aromatic carbocycles. The molecule has 0 unspecified atom stereocenters. The zero-order chi connectivity index (χ0) is 36.0. The minimum Gasteiger partial charge on any atom is -0.516 e. The van der Waals surface area contributed by atoms with Crippen molar-refractivity contribution in [3.8, 4) is 17.4 Å². The predicted octanol–water partition coefficient (Wildman–Crippen LogP) is 10.2. The summed E-state index contributed by atoms with van der Waals surface area (Å²) in [6.45, 7) is 9.71. The number of benzene rings is 4. The first kappa shape index (κ1) is 34.6. The molecule has 15 heteroatoms. The molecule has 0 aliphatic rings. The number of fused-ring (bicyclic) bond motifs is 6. The molecule has 0 spiro atoms. The molecule has 0 N–H and O–H groups in total. The van der Waals surface area contributed by atoms with Gasteiger partial charge in [-0.3, -0.25) is 9.36 Å². The first-order valence-corrected chi connectivity index (χ1v) is 15.0. The summed E-state index contributed by atoms with van der Waals surface area (Å²) in [5, 5.41) is 19.8. The second-order valence-corrected chi connectivity index (χ2v) is 12.3. The van der Waals surface area contributed by atoms with Crippen molar-refractivity contribution in [1.29, 1.82) is 5.26 Å². The molecule has 8 nitrogen and oxygen atoms in total. The number of aromatic nitrogens is 4. The summed E-state index contributed by atoms with van der Waals surface area (Å²) in [7, 11) is 0. The predicted molar refractivity (Wildman–Crippen MR) is 172 cm³/mol. The Hall–Kier alpha value is -5.85. The molecular formula is C37H18F6N6O2Pt. The SMILES string of the molecule is [C-]#[N+]c1ccc2oc3c[c-]c(-n4cc(C(F)(F)F)c(C(C)(C)c5nn(-c6[c-]cc7oc8ccc(C#N)cc8c7c6)cc5C(F)(F)F)n4)cc3c2c1.[Pt+2]. The van der Waals surface area contributed by atoms with E-state index < -0.39 is 40.3 Å². The fourth-order valence-electron chi connectivity index (χ4n) is 6.26. The monoisotopic (exact) mass is 887 g/mol. The molecule has 0 aliphatic carbocycles. The third-order valence-electron chi connectivity index (χ3n) is 8.73. The molecule has 8 aromatic rings. The van der Waals surface area contributed by atoms with Gasteiger partial charge in [-0.1, -0.05) is 16.8 Å². The van der Waals surface area contributed by atoms with Crippen LogP contribution in [0.1, 0.15) is 41.9 Å². The standard InChI is InChI=1S/C37H18F6N6O2.Pt/c1-35(2,33-27(36(38,39)40)17-48(46-33)21-6-10-31-25(14-21)23-12-19(16-44)4-8-29(23)50-31)34-28(37(41,42)43)18-49(47-34)22-7-11-32-26(15-22)24-13-20(45-3)5-9-30(24)51-32;/h4-5,8-15,17-18H,1-2H3;/q-2;+2. The summed E-state index contributed by atoms with van der Waals surface area (Å²) in [5.41, 5.74) is -3.58. The number of furan rings is 2. The first-order chi connectivity index (χ1) is 24.1. The van der Waals surface area contributed by atoms with Crippen LogP contribution in [0.5, 0.6) is 0 Å². The Kier molecular flexibility index (Phi) is 7.89. The molecule has 0 atom stereocenters. The van der Waals surface area contributed by atoms with Crippen LogP contribution in [0.15, 0.2) is 81.9 Å². The molecule has 52 heavy (non-hydrogen) atoms. The molecule has 8 rings (SSSR count). The van der Waals surface area contributed by atoms with Crippen molar-refractivity contribution in [3.05, 3.63) is 125 Å². The molecule has 0 aliphatic heterocycles. The van der Waals surface area contributed by atoms with E-state index in [0.717, 1.165) is 9.36 Å². The number of hydrogen-bond donors (Lipinski definition) is 0. The Bertz CT molecular complexity index is 2620. The van der Waals surface area contributed by atoms with Gasteiger partial charge in [0.2, 0.25) is 0 Å². The zero-order valence-corrected chi connectivity index (χ0v) is 28.8. The van der Waals surface area contributed by atoms with E-state index in [9.17, 15) is 31.6 Å². The average molecular weight is 888 g/mol. The van der Waals surface area contributed by atoms with Gasteiger partial charge in [0.25, 0.3) is 0 Å². The van der Waals surface area contributed by atoms with Crippen molar-refractivity contribution >= 4 is 49.6 Å². The van der Waals surface area contributed by atoms with E-state index in [1.54, 1.807) is 36.4 Å². The van der Waals surface area contributed by atoms with Gasteiger partial charge in [-0.15, -0.1) is 24.3 Å². The molecule has 0 saturated carbocycles. The van der Waals surface area contributed by atoms with Crippen molar-refractivity contribution in [2.24, 2.45) is 0 Å². The Labute approximate surface area is 303 Å². The Morgan fingerprint density at radius 3 is 1.63 bits per heavy atom. The second kappa shape index (κ2) is 11.9. The van der Waals surface area contributed by atoms with E-state index in [1.807, 2.05) is 6.07 Å². The number of hydrogen-bond acceptors (Lipinski definition) is 5. The van der Waals surface area contributed by atoms with Crippen LogP contribution < -0.4 is 0 Å². The van der Waals surface area contributed by atoms with Gasteiger partial charge >= 0.3 is 33.4 Å². The van der Waals surface area contributed by atoms with E-state index in [1.165, 1.54) is 38.1 Å². The number of nitrogens with zero attached hydrogens (tertiary/aromatic N) is 6. The van der Waals surface area contributed by atoms with Gasteiger partial charge in [0.05, 0.1) is 46.1 Å². The van der Waals surface area contributed by atoms with E-state index in [-0.39, 0.29) is 32.4 Å². The summed E-state index contributed by atoms with van der Waals surface area (Å²) in [4.78, 5) is 3.41. The van der Waals surface area contributed by atoms with Gasteiger partial charge in [0.1, 0.15) is 11.2 Å². The van der Waals surface area contributed by atoms with Crippen LogP contribution in [-0.2, 0) is 38.8 Å². The largest absolute Gasteiger partial charge is 2.00 e. The van der Waals surface area contributed by atoms with Crippen molar-refractivity contribution < 1.29 is 56.2 Å². The molecular weight excluding hydrogens is 870 g/mol. The molecule has 4 heterocycles. The maximum absolute atomic E-state index is 14.6. The topological polar surface area (TPSA) is 90.1 Å². The quantitative estimate of drug-likeness (QED) is 0.130. The minimum absolute atomic E-state index is 0. The zero-order valence-electron chi connectivity index (χ0n) is 26.5. The van der Waals surface area contributed by atoms with Crippen molar-refractivity contribution in [2.45, 2.75) is 31.6 Å². The van der Waals surface area contributed by atoms with Crippen molar-refractivity contribution in [2.75, 3.05) is 0 Å². The van der Waals surface area contributed by atoms with Gasteiger partial charge in [-0.25, -0.2) is 4.85 Å². The third-order valence-corrected chi connectivity index (χ3v) is 8.73. The third kappa shape index (κ3) is 5.51. The minimum atomic E-state index is -5.01. The molecule has 0 amide bonds. The van der Waals surface area contributed by atoms with E-state index in [4.69, 9.17) is 15.4 Å². The van der Waals surface area contributed by atoms with Crippen LogP contribution >= 0.6 is 0 Å².